The minimum absolute atomic E-state index is 0. The molecule has 0 fully saturated rings. The fraction of sp³-hybridized carbons (Fsp3) is 0.265. The molecule has 1 radical (unpaired) electrons. The Balaban J connectivity index is 0.00000280. The van der Waals surface area contributed by atoms with E-state index in [1.54, 1.807) is 0 Å². The van der Waals surface area contributed by atoms with Crippen LogP contribution in [0.3, 0.4) is 0 Å². The fourth-order valence-corrected chi connectivity index (χ4v) is 5.97. The van der Waals surface area contributed by atoms with Crippen LogP contribution in [0.25, 0.3) is 39.2 Å². The second kappa shape index (κ2) is 9.39. The first kappa shape index (κ1) is 25.6. The van der Waals surface area contributed by atoms with Crippen molar-refractivity contribution in [3.05, 3.63) is 107 Å². The Labute approximate surface area is 234 Å². The fourth-order valence-electron chi connectivity index (χ4n) is 5.97. The number of hydrogen-bond donors (Lipinski definition) is 0. The zero-order chi connectivity index (χ0) is 25.2. The molecule has 0 spiro atoms. The van der Waals surface area contributed by atoms with Gasteiger partial charge in [-0.3, -0.25) is 4.98 Å². The number of benzene rings is 4. The Morgan fingerprint density at radius 3 is 2.11 bits per heavy atom. The van der Waals surface area contributed by atoms with E-state index in [1.807, 2.05) is 0 Å². The maximum absolute atomic E-state index is 5.21. The minimum atomic E-state index is -0.0316. The van der Waals surface area contributed by atoms with Crippen LogP contribution in [0.5, 0.6) is 0 Å². The number of nitrogens with zero attached hydrogens (tertiary/aromatic N) is 2. The summed E-state index contributed by atoms with van der Waals surface area (Å²) in [5.74, 6) is 1.74. The first-order chi connectivity index (χ1) is 17.3. The molecule has 0 bridgehead atoms. The van der Waals surface area contributed by atoms with Crippen molar-refractivity contribution in [2.45, 2.75) is 58.8 Å². The molecule has 5 aromatic rings. The van der Waals surface area contributed by atoms with Crippen LogP contribution < -0.4 is 0 Å². The molecular formula is C34H33IrN2-. The van der Waals surface area contributed by atoms with E-state index in [2.05, 4.69) is 131 Å². The third-order valence-corrected chi connectivity index (χ3v) is 7.88. The quantitative estimate of drug-likeness (QED) is 0.176. The van der Waals surface area contributed by atoms with Crippen molar-refractivity contribution in [1.29, 1.82) is 0 Å². The van der Waals surface area contributed by atoms with Crippen molar-refractivity contribution < 1.29 is 20.1 Å². The van der Waals surface area contributed by atoms with E-state index < -0.39 is 0 Å². The second-order valence-electron chi connectivity index (χ2n) is 11.2. The van der Waals surface area contributed by atoms with Crippen LogP contribution in [0, 0.1) is 6.07 Å². The van der Waals surface area contributed by atoms with Crippen LogP contribution in [0.4, 0.5) is 0 Å². The van der Waals surface area contributed by atoms with E-state index in [4.69, 9.17) is 4.98 Å². The van der Waals surface area contributed by atoms with Crippen LogP contribution in [0.1, 0.15) is 75.6 Å². The van der Waals surface area contributed by atoms with E-state index in [-0.39, 0.29) is 25.5 Å². The summed E-state index contributed by atoms with van der Waals surface area (Å²) in [4.78, 5) is 5.21. The second-order valence-corrected chi connectivity index (χ2v) is 11.2. The molecule has 1 aliphatic carbocycles. The average molecular weight is 662 g/mol. The molecule has 0 amide bonds. The predicted molar refractivity (Wildman–Crippen MR) is 151 cm³/mol. The van der Waals surface area contributed by atoms with Gasteiger partial charge in [-0.25, -0.2) is 0 Å². The molecule has 0 saturated carbocycles. The monoisotopic (exact) mass is 662 g/mol. The van der Waals surface area contributed by atoms with Gasteiger partial charge in [0.25, 0.3) is 0 Å². The SMILES string of the molecule is CC(C)c1cccc(C(C)C)c1-n1c(-c2[c-]cc3c(c2)-c2ccccc2C3(C)C)nc2ccccc21.[Ir]. The van der Waals surface area contributed by atoms with Crippen LogP contribution in [0.2, 0.25) is 0 Å². The molecule has 4 aromatic carbocycles. The summed E-state index contributed by atoms with van der Waals surface area (Å²) in [5, 5.41) is 0. The van der Waals surface area contributed by atoms with Crippen molar-refractivity contribution in [2.75, 3.05) is 0 Å². The molecule has 1 heterocycles. The van der Waals surface area contributed by atoms with E-state index >= 15 is 0 Å². The molecule has 0 atom stereocenters. The predicted octanol–water partition coefficient (Wildman–Crippen LogP) is 9.04. The average Bonchev–Trinajstić information content (AvgIpc) is 3.36. The smallest absolute Gasteiger partial charge is 0.0774 e. The molecule has 3 heteroatoms. The normalized spacial score (nSPS) is 13.6. The molecule has 189 valence electrons. The zero-order valence-corrected chi connectivity index (χ0v) is 24.8. The molecular weight excluding hydrogens is 629 g/mol. The summed E-state index contributed by atoms with van der Waals surface area (Å²) in [5.41, 5.74) is 12.4. The number of imidazole rings is 1. The van der Waals surface area contributed by atoms with Crippen LogP contribution >= 0.6 is 0 Å². The number of rotatable bonds is 4. The number of fused-ring (bicyclic) bond motifs is 4. The van der Waals surface area contributed by atoms with E-state index in [0.29, 0.717) is 11.8 Å². The van der Waals surface area contributed by atoms with Gasteiger partial charge in [0.15, 0.2) is 0 Å². The van der Waals surface area contributed by atoms with Crippen molar-refractivity contribution in [3.8, 4) is 28.2 Å². The van der Waals surface area contributed by atoms with Gasteiger partial charge in [0, 0.05) is 25.8 Å². The number of hydrogen-bond acceptors (Lipinski definition) is 1. The maximum Gasteiger partial charge on any atom is 0.0774 e. The van der Waals surface area contributed by atoms with Gasteiger partial charge in [-0.15, -0.1) is 29.3 Å². The van der Waals surface area contributed by atoms with Crippen molar-refractivity contribution in [3.63, 3.8) is 0 Å². The van der Waals surface area contributed by atoms with E-state index in [1.165, 1.54) is 39.1 Å². The summed E-state index contributed by atoms with van der Waals surface area (Å²) >= 11 is 0. The Hall–Kier alpha value is -3.00. The van der Waals surface area contributed by atoms with Gasteiger partial charge in [-0.2, -0.15) is 0 Å². The summed E-state index contributed by atoms with van der Waals surface area (Å²) in [6.07, 6.45) is 0. The first-order valence-corrected chi connectivity index (χ1v) is 13.1. The van der Waals surface area contributed by atoms with Gasteiger partial charge >= 0.3 is 0 Å². The molecule has 37 heavy (non-hydrogen) atoms. The van der Waals surface area contributed by atoms with Gasteiger partial charge in [0.05, 0.1) is 16.9 Å². The van der Waals surface area contributed by atoms with E-state index in [0.717, 1.165) is 22.4 Å². The standard InChI is InChI=1S/C34H33N2.Ir/c1-21(2)24-13-11-14-25(22(3)4)32(24)36-31-17-10-9-16-30(31)35-33(36)23-18-19-29-27(20-23)26-12-7-8-15-28(26)34(29,5)6;/h7-17,19-22H,1-6H3;/q-1;. The van der Waals surface area contributed by atoms with E-state index in [9.17, 15) is 0 Å². The zero-order valence-electron chi connectivity index (χ0n) is 22.4. The molecule has 1 aliphatic rings. The van der Waals surface area contributed by atoms with Crippen molar-refractivity contribution in [1.82, 2.24) is 9.55 Å². The van der Waals surface area contributed by atoms with Crippen LogP contribution in [0.15, 0.2) is 78.9 Å². The largest absolute Gasteiger partial charge is 0.333 e. The van der Waals surface area contributed by atoms with Gasteiger partial charge in [-0.1, -0.05) is 102 Å². The number of para-hydroxylation sites is 3. The Bertz CT molecular complexity index is 1590. The molecule has 0 unspecified atom stereocenters. The third-order valence-electron chi connectivity index (χ3n) is 7.88. The minimum Gasteiger partial charge on any atom is -0.333 e. The van der Waals surface area contributed by atoms with Crippen LogP contribution in [-0.2, 0) is 25.5 Å². The summed E-state index contributed by atoms with van der Waals surface area (Å²) in [7, 11) is 0. The summed E-state index contributed by atoms with van der Waals surface area (Å²) in [6.45, 7) is 13.7. The first-order valence-electron chi connectivity index (χ1n) is 13.1. The molecule has 0 N–H and O–H groups in total. The van der Waals surface area contributed by atoms with Gasteiger partial charge in [0.2, 0.25) is 0 Å². The van der Waals surface area contributed by atoms with Gasteiger partial charge < -0.3 is 4.57 Å². The van der Waals surface area contributed by atoms with Crippen LogP contribution in [-0.4, -0.2) is 9.55 Å². The molecule has 1 aromatic heterocycles. The summed E-state index contributed by atoms with van der Waals surface area (Å²) < 4.78 is 2.39. The number of aromatic nitrogens is 2. The molecule has 2 nitrogen and oxygen atoms in total. The third kappa shape index (κ3) is 3.92. The van der Waals surface area contributed by atoms with Crippen molar-refractivity contribution in [2.24, 2.45) is 0 Å². The molecule has 0 saturated heterocycles. The summed E-state index contributed by atoms with van der Waals surface area (Å²) in [6, 6.07) is 32.2. The van der Waals surface area contributed by atoms with Gasteiger partial charge in [0.1, 0.15) is 0 Å². The topological polar surface area (TPSA) is 17.8 Å². The van der Waals surface area contributed by atoms with Gasteiger partial charge in [-0.05, 0) is 51.6 Å². The maximum atomic E-state index is 5.21. The molecule has 0 aliphatic heterocycles. The Kier molecular flexibility index (Phi) is 6.50. The molecule has 6 rings (SSSR count). The Morgan fingerprint density at radius 2 is 1.41 bits per heavy atom. The Morgan fingerprint density at radius 1 is 0.757 bits per heavy atom. The van der Waals surface area contributed by atoms with Crippen molar-refractivity contribution >= 4 is 11.0 Å².